The first-order valence-electron chi connectivity index (χ1n) is 6.43. The van der Waals surface area contributed by atoms with Gasteiger partial charge in [-0.3, -0.25) is 0 Å². The summed E-state index contributed by atoms with van der Waals surface area (Å²) in [6.07, 6.45) is 1.14. The van der Waals surface area contributed by atoms with Crippen molar-refractivity contribution < 1.29 is 0 Å². The lowest BCUT2D eigenvalue weighted by Crippen LogP contribution is -2.43. The minimum Gasteiger partial charge on any atom is -0.365 e. The molecule has 0 spiro atoms. The Morgan fingerprint density at radius 3 is 2.67 bits per heavy atom. The second-order valence-electron chi connectivity index (χ2n) is 5.37. The zero-order valence-electron chi connectivity index (χ0n) is 11.5. The molecule has 4 nitrogen and oxygen atoms in total. The predicted octanol–water partition coefficient (Wildman–Crippen LogP) is 2.50. The van der Waals surface area contributed by atoms with E-state index >= 15 is 0 Å². The van der Waals surface area contributed by atoms with Gasteiger partial charge in [0.15, 0.2) is 11.0 Å². The second-order valence-corrected chi connectivity index (χ2v) is 5.73. The molecule has 0 bridgehead atoms. The van der Waals surface area contributed by atoms with Crippen molar-refractivity contribution in [2.75, 3.05) is 25.5 Å². The average Bonchev–Trinajstić information content (AvgIpc) is 2.33. The number of aromatic nitrogens is 2. The highest BCUT2D eigenvalue weighted by Crippen LogP contribution is 2.24. The lowest BCUT2D eigenvalue weighted by atomic mass is 9.94. The van der Waals surface area contributed by atoms with E-state index in [2.05, 4.69) is 34.4 Å². The van der Waals surface area contributed by atoms with Crippen molar-refractivity contribution in [3.05, 3.63) is 16.3 Å². The summed E-state index contributed by atoms with van der Waals surface area (Å²) < 4.78 is 0. The summed E-state index contributed by atoms with van der Waals surface area (Å²) in [5.41, 5.74) is 2.11. The minimum absolute atomic E-state index is 0.467. The van der Waals surface area contributed by atoms with E-state index in [9.17, 15) is 0 Å². The van der Waals surface area contributed by atoms with Gasteiger partial charge in [-0.2, -0.15) is 0 Å². The average molecular weight is 269 g/mol. The van der Waals surface area contributed by atoms with Crippen molar-refractivity contribution in [1.82, 2.24) is 15.1 Å². The first-order chi connectivity index (χ1) is 8.49. The van der Waals surface area contributed by atoms with Crippen LogP contribution in [0.2, 0.25) is 5.15 Å². The number of halogens is 1. The Bertz CT molecular complexity index is 435. The van der Waals surface area contributed by atoms with E-state index in [4.69, 9.17) is 11.6 Å². The van der Waals surface area contributed by atoms with Crippen LogP contribution in [0.5, 0.6) is 0 Å². The first kappa shape index (κ1) is 13.6. The molecule has 0 radical (unpaired) electrons. The number of hydrogen-bond donors (Lipinski definition) is 1. The fourth-order valence-electron chi connectivity index (χ4n) is 2.46. The Balaban J connectivity index is 2.12. The molecule has 1 N–H and O–H groups in total. The molecule has 5 heteroatoms. The summed E-state index contributed by atoms with van der Waals surface area (Å²) in [7, 11) is 2.17. The van der Waals surface area contributed by atoms with Crippen molar-refractivity contribution in [2.24, 2.45) is 5.92 Å². The molecule has 18 heavy (non-hydrogen) atoms. The number of nitrogens with one attached hydrogen (secondary N) is 1. The zero-order chi connectivity index (χ0) is 13.3. The molecule has 1 saturated heterocycles. The normalized spacial score (nSPS) is 25.2. The van der Waals surface area contributed by atoms with Crippen LogP contribution in [-0.2, 0) is 0 Å². The van der Waals surface area contributed by atoms with E-state index in [-0.39, 0.29) is 0 Å². The van der Waals surface area contributed by atoms with Crippen LogP contribution in [0.1, 0.15) is 24.5 Å². The maximum absolute atomic E-state index is 5.97. The Kier molecular flexibility index (Phi) is 4.07. The lowest BCUT2D eigenvalue weighted by molar-refractivity contribution is 0.206. The summed E-state index contributed by atoms with van der Waals surface area (Å²) in [4.78, 5) is 2.37. The van der Waals surface area contributed by atoms with Crippen molar-refractivity contribution in [1.29, 1.82) is 0 Å². The third-order valence-corrected chi connectivity index (χ3v) is 4.25. The molecule has 1 aromatic heterocycles. The molecule has 0 aliphatic carbocycles. The summed E-state index contributed by atoms with van der Waals surface area (Å²) >= 11 is 5.97. The van der Waals surface area contributed by atoms with E-state index in [1.54, 1.807) is 0 Å². The van der Waals surface area contributed by atoms with Crippen LogP contribution in [0.3, 0.4) is 0 Å². The Labute approximate surface area is 114 Å². The zero-order valence-corrected chi connectivity index (χ0v) is 12.3. The summed E-state index contributed by atoms with van der Waals surface area (Å²) in [5, 5.41) is 12.2. The van der Waals surface area contributed by atoms with E-state index in [1.807, 2.05) is 13.8 Å². The molecule has 1 aliphatic rings. The van der Waals surface area contributed by atoms with Gasteiger partial charge in [0.05, 0.1) is 0 Å². The van der Waals surface area contributed by atoms with Crippen LogP contribution < -0.4 is 5.32 Å². The van der Waals surface area contributed by atoms with Gasteiger partial charge >= 0.3 is 0 Å². The van der Waals surface area contributed by atoms with Gasteiger partial charge in [-0.1, -0.05) is 18.5 Å². The number of likely N-dealkylation sites (tertiary alicyclic amines) is 1. The van der Waals surface area contributed by atoms with Crippen LogP contribution in [0, 0.1) is 19.8 Å². The summed E-state index contributed by atoms with van der Waals surface area (Å²) in [5.74, 6) is 1.49. The Morgan fingerprint density at radius 2 is 2.00 bits per heavy atom. The molecule has 0 saturated carbocycles. The van der Waals surface area contributed by atoms with Gasteiger partial charge in [0.2, 0.25) is 0 Å². The summed E-state index contributed by atoms with van der Waals surface area (Å²) in [6, 6.07) is 0.467. The van der Waals surface area contributed by atoms with Gasteiger partial charge in [-0.05, 0) is 50.9 Å². The Hall–Kier alpha value is -0.870. The number of rotatable bonds is 2. The molecule has 1 aliphatic heterocycles. The minimum atomic E-state index is 0.467. The highest BCUT2D eigenvalue weighted by atomic mass is 35.5. The van der Waals surface area contributed by atoms with Crippen LogP contribution in [0.25, 0.3) is 0 Å². The van der Waals surface area contributed by atoms with Crippen LogP contribution in [0.15, 0.2) is 0 Å². The van der Waals surface area contributed by atoms with Crippen molar-refractivity contribution >= 4 is 17.4 Å². The molecular formula is C13H21ClN4. The van der Waals surface area contributed by atoms with Gasteiger partial charge in [-0.15, -0.1) is 10.2 Å². The maximum Gasteiger partial charge on any atom is 0.155 e. The van der Waals surface area contributed by atoms with Gasteiger partial charge in [-0.25, -0.2) is 0 Å². The van der Waals surface area contributed by atoms with Crippen molar-refractivity contribution in [2.45, 2.75) is 33.2 Å². The molecule has 2 rings (SSSR count). The molecule has 2 heterocycles. The van der Waals surface area contributed by atoms with Gasteiger partial charge in [0, 0.05) is 12.6 Å². The molecule has 0 amide bonds. The van der Waals surface area contributed by atoms with Gasteiger partial charge in [0.25, 0.3) is 0 Å². The monoisotopic (exact) mass is 268 g/mol. The van der Waals surface area contributed by atoms with Crippen molar-refractivity contribution in [3.8, 4) is 0 Å². The van der Waals surface area contributed by atoms with Gasteiger partial charge in [0.1, 0.15) is 0 Å². The molecule has 100 valence electrons. The largest absolute Gasteiger partial charge is 0.365 e. The van der Waals surface area contributed by atoms with E-state index in [1.165, 1.54) is 0 Å². The SMILES string of the molecule is Cc1c(Cl)nnc(NC2CCN(C)CC2C)c1C. The molecule has 0 aromatic carbocycles. The van der Waals surface area contributed by atoms with E-state index in [0.717, 1.165) is 36.5 Å². The molecule has 2 atom stereocenters. The topological polar surface area (TPSA) is 41.1 Å². The van der Waals surface area contributed by atoms with Crippen LogP contribution >= 0.6 is 11.6 Å². The summed E-state index contributed by atoms with van der Waals surface area (Å²) in [6.45, 7) is 8.55. The quantitative estimate of drug-likeness (QED) is 0.895. The highest BCUT2D eigenvalue weighted by molar-refractivity contribution is 6.30. The van der Waals surface area contributed by atoms with E-state index in [0.29, 0.717) is 17.1 Å². The van der Waals surface area contributed by atoms with Crippen LogP contribution in [-0.4, -0.2) is 41.3 Å². The molecule has 1 fully saturated rings. The maximum atomic E-state index is 5.97. The molecule has 2 unspecified atom stereocenters. The first-order valence-corrected chi connectivity index (χ1v) is 6.81. The number of hydrogen-bond acceptors (Lipinski definition) is 4. The van der Waals surface area contributed by atoms with Crippen molar-refractivity contribution in [3.63, 3.8) is 0 Å². The van der Waals surface area contributed by atoms with Crippen LogP contribution in [0.4, 0.5) is 5.82 Å². The third-order valence-electron chi connectivity index (χ3n) is 3.90. The number of piperidine rings is 1. The van der Waals surface area contributed by atoms with E-state index < -0.39 is 0 Å². The molecular weight excluding hydrogens is 248 g/mol. The fraction of sp³-hybridized carbons (Fsp3) is 0.692. The third kappa shape index (κ3) is 2.75. The smallest absolute Gasteiger partial charge is 0.155 e. The Morgan fingerprint density at radius 1 is 1.28 bits per heavy atom. The second kappa shape index (κ2) is 5.41. The van der Waals surface area contributed by atoms with Gasteiger partial charge < -0.3 is 10.2 Å². The fourth-order valence-corrected chi connectivity index (χ4v) is 2.64. The predicted molar refractivity (Wildman–Crippen MR) is 75.2 cm³/mol. The number of anilines is 1. The molecule has 1 aromatic rings. The lowest BCUT2D eigenvalue weighted by Gasteiger charge is -2.35. The number of nitrogens with zero attached hydrogens (tertiary/aromatic N) is 3. The standard InChI is InChI=1S/C13H21ClN4/c1-8-7-18(4)6-5-11(8)15-13-10(3)9(2)12(14)16-17-13/h8,11H,5-7H2,1-4H3,(H,15,17). The highest BCUT2D eigenvalue weighted by Gasteiger charge is 2.25.